The maximum absolute atomic E-state index is 12.8. The fourth-order valence-electron chi connectivity index (χ4n) is 3.84. The molecule has 1 aromatic rings. The number of nitrogens with one attached hydrogen (secondary N) is 2. The molecule has 2 fully saturated rings. The fraction of sp³-hybridized carbons (Fsp3) is 0.500. The van der Waals surface area contributed by atoms with Gasteiger partial charge < -0.3 is 26.4 Å². The number of rotatable bonds is 9. The molecule has 9 nitrogen and oxygen atoms in total. The first kappa shape index (κ1) is 23.3. The van der Waals surface area contributed by atoms with Gasteiger partial charge in [-0.1, -0.05) is 12.1 Å². The van der Waals surface area contributed by atoms with E-state index in [0.717, 1.165) is 0 Å². The molecule has 1 heterocycles. The number of aliphatic hydroxyl groups is 1. The summed E-state index contributed by atoms with van der Waals surface area (Å²) >= 11 is 12.1. The molecule has 3 rings (SSSR count). The SMILES string of the molecule is NC(=O)C(=[NH2+])c1ccccc1NCC(=O)N1CCC[C@H]1C(=O)NC(CO)C1CC1(Cl)Cl. The Labute approximate surface area is 189 Å². The van der Waals surface area contributed by atoms with Crippen molar-refractivity contribution in [2.24, 2.45) is 11.7 Å². The van der Waals surface area contributed by atoms with Crippen LogP contribution in [0.5, 0.6) is 0 Å². The van der Waals surface area contributed by atoms with Crippen LogP contribution in [0, 0.1) is 5.92 Å². The zero-order valence-electron chi connectivity index (χ0n) is 16.8. The molecule has 3 amide bonds. The van der Waals surface area contributed by atoms with E-state index in [-0.39, 0.29) is 36.6 Å². The number of anilines is 1. The number of para-hydroxylation sites is 1. The van der Waals surface area contributed by atoms with Crippen LogP contribution in [-0.4, -0.2) is 69.6 Å². The Balaban J connectivity index is 1.61. The standard InChI is InChI=1S/C20H25Cl2N5O4/c21-20(22)8-12(20)14(10-28)26-19(31)15-6-3-7-27(15)16(29)9-25-13-5-2-1-4-11(13)17(23)18(24)30/h1-2,4-5,12,14-15,23,25,28H,3,6-10H2,(H2,24,30)(H,26,31)/p+1/t12?,14?,15-/m0/s1. The van der Waals surface area contributed by atoms with Crippen molar-refractivity contribution in [2.45, 2.75) is 35.7 Å². The highest BCUT2D eigenvalue weighted by Crippen LogP contribution is 2.54. The Morgan fingerprint density at radius 3 is 2.61 bits per heavy atom. The van der Waals surface area contributed by atoms with Crippen LogP contribution in [0.15, 0.2) is 24.3 Å². The Bertz CT molecular complexity index is 894. The van der Waals surface area contributed by atoms with Crippen LogP contribution in [-0.2, 0) is 14.4 Å². The van der Waals surface area contributed by atoms with Gasteiger partial charge >= 0.3 is 5.91 Å². The zero-order valence-corrected chi connectivity index (χ0v) is 18.3. The van der Waals surface area contributed by atoms with Gasteiger partial charge in [-0.15, -0.1) is 23.2 Å². The number of amides is 3. The summed E-state index contributed by atoms with van der Waals surface area (Å²) in [4.78, 5) is 38.5. The Hall–Kier alpha value is -2.36. The molecule has 168 valence electrons. The molecule has 0 bridgehead atoms. The van der Waals surface area contributed by atoms with E-state index in [4.69, 9.17) is 34.3 Å². The first-order chi connectivity index (χ1) is 14.7. The number of alkyl halides is 2. The molecule has 1 aliphatic carbocycles. The molecular weight excluding hydrogens is 445 g/mol. The summed E-state index contributed by atoms with van der Waals surface area (Å²) in [5, 5.41) is 21.1. The number of nitrogens with two attached hydrogens (primary N) is 2. The minimum absolute atomic E-state index is 0.0919. The van der Waals surface area contributed by atoms with Crippen LogP contribution < -0.4 is 21.8 Å². The van der Waals surface area contributed by atoms with Crippen molar-refractivity contribution in [3.8, 4) is 0 Å². The van der Waals surface area contributed by atoms with E-state index >= 15 is 0 Å². The van der Waals surface area contributed by atoms with E-state index in [9.17, 15) is 19.5 Å². The molecule has 2 unspecified atom stereocenters. The molecule has 3 atom stereocenters. The summed E-state index contributed by atoms with van der Waals surface area (Å²) in [5.74, 6) is -1.60. The van der Waals surface area contributed by atoms with Gasteiger partial charge in [0, 0.05) is 18.2 Å². The second-order valence-electron chi connectivity index (χ2n) is 7.79. The summed E-state index contributed by atoms with van der Waals surface area (Å²) in [6.45, 7) is 0.0672. The summed E-state index contributed by atoms with van der Waals surface area (Å²) in [7, 11) is 0. The van der Waals surface area contributed by atoms with E-state index in [1.165, 1.54) is 4.90 Å². The van der Waals surface area contributed by atoms with E-state index in [0.29, 0.717) is 37.1 Å². The number of benzene rings is 1. The lowest BCUT2D eigenvalue weighted by Gasteiger charge is -2.26. The molecule has 11 heteroatoms. The van der Waals surface area contributed by atoms with Crippen LogP contribution in [0.1, 0.15) is 24.8 Å². The lowest BCUT2D eigenvalue weighted by molar-refractivity contribution is -0.137. The zero-order chi connectivity index (χ0) is 22.8. The first-order valence-electron chi connectivity index (χ1n) is 9.99. The van der Waals surface area contributed by atoms with Crippen LogP contribution in [0.2, 0.25) is 0 Å². The summed E-state index contributed by atoms with van der Waals surface area (Å²) in [6.07, 6.45) is 1.70. The molecule has 0 radical (unpaired) electrons. The number of hydrogen-bond acceptors (Lipinski definition) is 5. The monoisotopic (exact) mass is 470 g/mol. The fourth-order valence-corrected chi connectivity index (χ4v) is 4.47. The smallest absolute Gasteiger partial charge is 0.313 e. The number of halogens is 2. The van der Waals surface area contributed by atoms with Gasteiger partial charge in [-0.2, -0.15) is 0 Å². The number of hydrogen-bond donors (Lipinski definition) is 5. The third-order valence-electron chi connectivity index (χ3n) is 5.67. The number of primary amides is 1. The normalized spacial score (nSPS) is 22.5. The van der Waals surface area contributed by atoms with Crippen LogP contribution >= 0.6 is 23.2 Å². The molecule has 2 aliphatic rings. The highest BCUT2D eigenvalue weighted by atomic mass is 35.5. The third kappa shape index (κ3) is 5.28. The quantitative estimate of drug-likeness (QED) is 0.226. The highest BCUT2D eigenvalue weighted by Gasteiger charge is 2.56. The van der Waals surface area contributed by atoms with E-state index in [1.807, 2.05) is 0 Å². The largest absolute Gasteiger partial charge is 0.394 e. The Morgan fingerprint density at radius 2 is 2.00 bits per heavy atom. The average molecular weight is 471 g/mol. The van der Waals surface area contributed by atoms with Gasteiger partial charge in [0.05, 0.1) is 24.8 Å². The second kappa shape index (κ2) is 9.42. The van der Waals surface area contributed by atoms with Crippen molar-refractivity contribution in [1.29, 1.82) is 0 Å². The molecule has 0 spiro atoms. The minimum Gasteiger partial charge on any atom is -0.394 e. The molecule has 1 aromatic carbocycles. The van der Waals surface area contributed by atoms with Gasteiger partial charge in [-0.05, 0) is 31.4 Å². The minimum atomic E-state index is -0.938. The molecule has 0 aromatic heterocycles. The summed E-state index contributed by atoms with van der Waals surface area (Å²) in [5.41, 5.74) is 6.03. The number of aliphatic hydroxyl groups excluding tert-OH is 1. The number of carbonyl (C=O) groups is 3. The predicted molar refractivity (Wildman–Crippen MR) is 116 cm³/mol. The topological polar surface area (TPSA) is 150 Å². The maximum atomic E-state index is 12.8. The molecule has 1 saturated heterocycles. The van der Waals surface area contributed by atoms with Crippen molar-refractivity contribution < 1.29 is 24.9 Å². The average Bonchev–Trinajstić information content (AvgIpc) is 3.15. The van der Waals surface area contributed by atoms with E-state index in [1.54, 1.807) is 24.3 Å². The number of carbonyl (C=O) groups excluding carboxylic acids is 3. The van der Waals surface area contributed by atoms with Crippen molar-refractivity contribution >= 4 is 52.3 Å². The molecule has 1 saturated carbocycles. The van der Waals surface area contributed by atoms with Crippen molar-refractivity contribution in [1.82, 2.24) is 10.2 Å². The highest BCUT2D eigenvalue weighted by molar-refractivity contribution is 6.51. The predicted octanol–water partition coefficient (Wildman–Crippen LogP) is -1.21. The summed E-state index contributed by atoms with van der Waals surface area (Å²) in [6, 6.07) is 5.54. The lowest BCUT2D eigenvalue weighted by atomic mass is 10.1. The van der Waals surface area contributed by atoms with Gasteiger partial charge in [0.15, 0.2) is 0 Å². The molecule has 7 N–H and O–H groups in total. The Morgan fingerprint density at radius 1 is 1.32 bits per heavy atom. The van der Waals surface area contributed by atoms with Crippen molar-refractivity contribution in [2.75, 3.05) is 25.0 Å². The number of likely N-dealkylation sites (tertiary alicyclic amines) is 1. The van der Waals surface area contributed by atoms with E-state index < -0.39 is 22.3 Å². The molecule has 31 heavy (non-hydrogen) atoms. The van der Waals surface area contributed by atoms with Crippen molar-refractivity contribution in [3.05, 3.63) is 29.8 Å². The third-order valence-corrected chi connectivity index (χ3v) is 6.54. The van der Waals surface area contributed by atoms with Gasteiger partial charge in [0.1, 0.15) is 10.4 Å². The second-order valence-corrected chi connectivity index (χ2v) is 9.33. The van der Waals surface area contributed by atoms with Crippen LogP contribution in [0.4, 0.5) is 5.69 Å². The molecular formula is C20H26Cl2N5O4+. The van der Waals surface area contributed by atoms with Gasteiger partial charge in [0.25, 0.3) is 5.71 Å². The lowest BCUT2D eigenvalue weighted by Crippen LogP contribution is -2.51. The summed E-state index contributed by atoms with van der Waals surface area (Å²) < 4.78 is -0.938. The molecule has 1 aliphatic heterocycles. The van der Waals surface area contributed by atoms with Crippen LogP contribution in [0.25, 0.3) is 0 Å². The first-order valence-corrected chi connectivity index (χ1v) is 10.7. The van der Waals surface area contributed by atoms with Gasteiger partial charge in [-0.25, -0.2) is 5.41 Å². The van der Waals surface area contributed by atoms with Gasteiger partial charge in [0.2, 0.25) is 11.8 Å². The maximum Gasteiger partial charge on any atom is 0.313 e. The Kier molecular flexibility index (Phi) is 7.08. The van der Waals surface area contributed by atoms with E-state index in [2.05, 4.69) is 10.6 Å². The van der Waals surface area contributed by atoms with Gasteiger partial charge in [-0.3, -0.25) is 14.4 Å². The van der Waals surface area contributed by atoms with Crippen LogP contribution in [0.3, 0.4) is 0 Å². The van der Waals surface area contributed by atoms with Crippen molar-refractivity contribution in [3.63, 3.8) is 0 Å². The number of nitrogens with zero attached hydrogens (tertiary/aromatic N) is 1.